The molecule has 9 heteroatoms. The van der Waals surface area contributed by atoms with Crippen LogP contribution >= 0.6 is 55.1 Å². The molecule has 3 aromatic rings. The summed E-state index contributed by atoms with van der Waals surface area (Å²) in [7, 11) is 0. The van der Waals surface area contributed by atoms with Crippen molar-refractivity contribution in [3.05, 3.63) is 66.0 Å². The van der Waals surface area contributed by atoms with Crippen LogP contribution in [0.15, 0.2) is 50.3 Å². The molecule has 4 rings (SSSR count). The normalized spacial score (nSPS) is 17.0. The van der Waals surface area contributed by atoms with Gasteiger partial charge in [-0.2, -0.15) is 0 Å². The Morgan fingerprint density at radius 2 is 2.10 bits per heavy atom. The first kappa shape index (κ1) is 23.3. The van der Waals surface area contributed by atoms with Gasteiger partial charge in [0.25, 0.3) is 0 Å². The van der Waals surface area contributed by atoms with Crippen molar-refractivity contribution in [1.29, 1.82) is 0 Å². The van der Waals surface area contributed by atoms with Gasteiger partial charge < -0.3 is 0 Å². The Bertz CT molecular complexity index is 1160. The summed E-state index contributed by atoms with van der Waals surface area (Å²) in [5, 5.41) is 8.83. The van der Waals surface area contributed by atoms with Gasteiger partial charge in [0.2, 0.25) is 0 Å². The van der Waals surface area contributed by atoms with E-state index in [1.807, 2.05) is 25.1 Å². The van der Waals surface area contributed by atoms with Gasteiger partial charge in [-0.05, 0) is 0 Å². The van der Waals surface area contributed by atoms with Crippen molar-refractivity contribution in [3.63, 3.8) is 0 Å². The molecule has 4 nitrogen and oxygen atoms in total. The van der Waals surface area contributed by atoms with E-state index in [-0.39, 0.29) is 26.5 Å². The van der Waals surface area contributed by atoms with Crippen LogP contribution in [0.3, 0.4) is 0 Å². The van der Waals surface area contributed by atoms with Crippen LogP contribution in [0.25, 0.3) is 15.8 Å². The van der Waals surface area contributed by atoms with Crippen LogP contribution in [-0.2, 0) is 0 Å². The molecule has 1 aliphatic carbocycles. The van der Waals surface area contributed by atoms with Gasteiger partial charge >= 0.3 is 215 Å². The Hall–Kier alpha value is -0.821. The van der Waals surface area contributed by atoms with E-state index < -0.39 is 0 Å². The number of aromatic nitrogens is 2. The van der Waals surface area contributed by atoms with Gasteiger partial charge in [-0.15, -0.1) is 0 Å². The molecule has 0 saturated heterocycles. The fourth-order valence-electron chi connectivity index (χ4n) is 3.66. The second kappa shape index (κ2) is 9.98. The molecule has 162 valence electrons. The average Bonchev–Trinajstić information content (AvgIpc) is 3.31. The molecule has 2 unspecified atom stereocenters. The second-order valence-corrected chi connectivity index (χ2v) is 13.4. The standard InChI is InChI=1S/C22H19Br2Cl2N3OSe/c1-12(13-5-3-2-4-6-13)27-22(30)20-19(24)21(17-9-10-18(23)31-17)29(28-20)16-8-7-14(25)11-15(16)26/h3,5,7-13H,2,4,6H2,1H3,(H,27,30). The molecule has 1 amide bonds. The van der Waals surface area contributed by atoms with Crippen LogP contribution in [0.2, 0.25) is 10.0 Å². The first-order valence-corrected chi connectivity index (χ1v) is 13.9. The molecular formula is C22H19Br2Cl2N3OSe. The van der Waals surface area contributed by atoms with E-state index in [4.69, 9.17) is 23.2 Å². The van der Waals surface area contributed by atoms with Crippen molar-refractivity contribution in [2.45, 2.75) is 32.2 Å². The molecule has 2 aromatic heterocycles. The molecule has 31 heavy (non-hydrogen) atoms. The number of nitrogens with one attached hydrogen (secondary N) is 1. The zero-order chi connectivity index (χ0) is 22.1. The summed E-state index contributed by atoms with van der Waals surface area (Å²) >= 11 is 19.9. The van der Waals surface area contributed by atoms with E-state index in [1.165, 1.54) is 0 Å². The number of amides is 1. The summed E-state index contributed by atoms with van der Waals surface area (Å²) in [5.41, 5.74) is 1.83. The van der Waals surface area contributed by atoms with E-state index in [0.717, 1.165) is 32.7 Å². The third-order valence-electron chi connectivity index (χ3n) is 5.28. The SMILES string of the molecule is CC(NC(=O)c1nn(-c2ccc(Cl)cc2Cl)c(-c2ccc(Br)[se]2)c1Br)C1C=CCCC1. The zero-order valence-corrected chi connectivity index (χ0v) is 22.9. The van der Waals surface area contributed by atoms with Crippen LogP contribution in [0.1, 0.15) is 36.7 Å². The quantitative estimate of drug-likeness (QED) is 0.241. The Kier molecular flexibility index (Phi) is 7.52. The summed E-state index contributed by atoms with van der Waals surface area (Å²) in [6.07, 6.45) is 7.74. The number of benzene rings is 1. The molecule has 0 aliphatic heterocycles. The number of halogens is 4. The zero-order valence-electron chi connectivity index (χ0n) is 16.5. The Morgan fingerprint density at radius 1 is 1.29 bits per heavy atom. The fraction of sp³-hybridized carbons (Fsp3) is 0.273. The fourth-order valence-corrected chi connectivity index (χ4v) is 7.74. The Morgan fingerprint density at radius 3 is 2.74 bits per heavy atom. The number of nitrogens with zero attached hydrogens (tertiary/aromatic N) is 2. The van der Waals surface area contributed by atoms with E-state index in [2.05, 4.69) is 54.4 Å². The molecule has 0 fully saturated rings. The molecule has 1 aliphatic rings. The van der Waals surface area contributed by atoms with Crippen LogP contribution in [0, 0.1) is 5.92 Å². The molecule has 2 heterocycles. The van der Waals surface area contributed by atoms with Gasteiger partial charge in [-0.1, -0.05) is 0 Å². The maximum atomic E-state index is 13.2. The van der Waals surface area contributed by atoms with Crippen molar-refractivity contribution in [2.75, 3.05) is 0 Å². The number of carbonyl (C=O) groups is 1. The summed E-state index contributed by atoms with van der Waals surface area (Å²) in [6, 6.07) is 9.35. The van der Waals surface area contributed by atoms with Crippen LogP contribution in [0.4, 0.5) is 0 Å². The summed E-state index contributed by atoms with van der Waals surface area (Å²) < 4.78 is 4.61. The monoisotopic (exact) mass is 649 g/mol. The molecule has 1 aromatic carbocycles. The van der Waals surface area contributed by atoms with Gasteiger partial charge in [-0.3, -0.25) is 0 Å². The molecule has 0 saturated carbocycles. The Labute approximate surface area is 214 Å². The topological polar surface area (TPSA) is 46.9 Å². The molecular weight excluding hydrogens is 632 g/mol. The predicted molar refractivity (Wildman–Crippen MR) is 135 cm³/mol. The third-order valence-corrected chi connectivity index (χ3v) is 9.52. The predicted octanol–water partition coefficient (Wildman–Crippen LogP) is 6.90. The van der Waals surface area contributed by atoms with Crippen molar-refractivity contribution in [1.82, 2.24) is 15.1 Å². The van der Waals surface area contributed by atoms with Gasteiger partial charge in [0.05, 0.1) is 0 Å². The number of hydrogen-bond donors (Lipinski definition) is 1. The minimum atomic E-state index is -0.207. The van der Waals surface area contributed by atoms with Gasteiger partial charge in [0, 0.05) is 0 Å². The molecule has 0 spiro atoms. The molecule has 2 atom stereocenters. The van der Waals surface area contributed by atoms with E-state index in [9.17, 15) is 4.79 Å². The molecule has 0 radical (unpaired) electrons. The second-order valence-electron chi connectivity index (χ2n) is 7.41. The maximum absolute atomic E-state index is 13.2. The van der Waals surface area contributed by atoms with Gasteiger partial charge in [-0.25, -0.2) is 0 Å². The molecule has 0 bridgehead atoms. The summed E-state index contributed by atoms with van der Waals surface area (Å²) in [4.78, 5) is 13.2. The van der Waals surface area contributed by atoms with Crippen LogP contribution in [-0.4, -0.2) is 36.2 Å². The third kappa shape index (κ3) is 5.07. The van der Waals surface area contributed by atoms with Crippen LogP contribution < -0.4 is 5.32 Å². The van der Waals surface area contributed by atoms with Crippen molar-refractivity contribution >= 4 is 75.5 Å². The first-order chi connectivity index (χ1) is 14.8. The van der Waals surface area contributed by atoms with E-state index >= 15 is 0 Å². The van der Waals surface area contributed by atoms with Gasteiger partial charge in [0.1, 0.15) is 0 Å². The van der Waals surface area contributed by atoms with Crippen LogP contribution in [0.5, 0.6) is 0 Å². The number of carbonyl (C=O) groups excluding carboxylic acids is 1. The summed E-state index contributed by atoms with van der Waals surface area (Å²) in [6.45, 7) is 2.05. The first-order valence-electron chi connectivity index (χ1n) is 9.82. The minimum absolute atomic E-state index is 0.0226. The van der Waals surface area contributed by atoms with Crippen molar-refractivity contribution in [2.24, 2.45) is 5.92 Å². The van der Waals surface area contributed by atoms with E-state index in [0.29, 0.717) is 31.8 Å². The number of hydrogen-bond acceptors (Lipinski definition) is 2. The Balaban J connectivity index is 1.75. The van der Waals surface area contributed by atoms with Gasteiger partial charge in [0.15, 0.2) is 0 Å². The van der Waals surface area contributed by atoms with E-state index in [1.54, 1.807) is 16.8 Å². The number of allylic oxidation sites excluding steroid dienone is 1. The summed E-state index contributed by atoms with van der Waals surface area (Å²) in [5.74, 6) is 0.131. The number of rotatable bonds is 5. The van der Waals surface area contributed by atoms with Crippen molar-refractivity contribution in [3.8, 4) is 15.8 Å². The average molecular weight is 651 g/mol. The molecule has 1 N–H and O–H groups in total. The van der Waals surface area contributed by atoms with Crippen molar-refractivity contribution < 1.29 is 4.79 Å².